The van der Waals surface area contributed by atoms with Crippen LogP contribution in [0.4, 0.5) is 0 Å². The van der Waals surface area contributed by atoms with Crippen molar-refractivity contribution in [2.24, 2.45) is 11.5 Å². The zero-order valence-corrected chi connectivity index (χ0v) is 6.77. The van der Waals surface area contributed by atoms with Crippen LogP contribution < -0.4 is 11.5 Å². The Morgan fingerprint density at radius 2 is 1.55 bits per heavy atom. The van der Waals surface area contributed by atoms with E-state index < -0.39 is 6.10 Å². The highest BCUT2D eigenvalue weighted by molar-refractivity contribution is 4.48. The largest absolute Gasteiger partial charge is 0.394 e. The fourth-order valence-corrected chi connectivity index (χ4v) is 0.0745. The summed E-state index contributed by atoms with van der Waals surface area (Å²) in [7, 11) is 0. The van der Waals surface area contributed by atoms with Crippen molar-refractivity contribution in [3.63, 3.8) is 0 Å². The van der Waals surface area contributed by atoms with Crippen molar-refractivity contribution < 1.29 is 15.3 Å². The number of aliphatic hydroxyl groups excluding tert-OH is 3. The van der Waals surface area contributed by atoms with Crippen molar-refractivity contribution >= 4 is 0 Å². The summed E-state index contributed by atoms with van der Waals surface area (Å²) in [5.41, 5.74) is 9.79. The first kappa shape index (κ1) is 13.4. The van der Waals surface area contributed by atoms with Crippen molar-refractivity contribution in [1.82, 2.24) is 0 Å². The Morgan fingerprint density at radius 1 is 1.18 bits per heavy atom. The molecular weight excluding hydrogens is 148 g/mol. The van der Waals surface area contributed by atoms with E-state index in [1.54, 1.807) is 6.92 Å². The van der Waals surface area contributed by atoms with Gasteiger partial charge in [0.1, 0.15) is 0 Å². The lowest BCUT2D eigenvalue weighted by Crippen LogP contribution is -2.22. The maximum atomic E-state index is 8.29. The standard InChI is InChI=1S/C3H9NO2.C3H9NO/c4-1-3(6)2-5;1-3(5)2-4/h3,5-6H,1-2,4H2;3,5H,2,4H2,1H3. The van der Waals surface area contributed by atoms with Crippen molar-refractivity contribution in [2.45, 2.75) is 19.1 Å². The molecule has 0 aliphatic heterocycles. The molecule has 7 N–H and O–H groups in total. The predicted molar refractivity (Wildman–Crippen MR) is 42.9 cm³/mol. The van der Waals surface area contributed by atoms with Crippen LogP contribution in [0.3, 0.4) is 0 Å². The van der Waals surface area contributed by atoms with Gasteiger partial charge in [-0.2, -0.15) is 0 Å². The quantitative estimate of drug-likeness (QED) is 0.321. The number of aliphatic hydroxyl groups is 3. The first-order valence-corrected chi connectivity index (χ1v) is 3.45. The second-order valence-electron chi connectivity index (χ2n) is 2.16. The van der Waals surface area contributed by atoms with Crippen LogP contribution in [0.5, 0.6) is 0 Å². The number of hydrogen-bond donors (Lipinski definition) is 5. The Bertz CT molecular complexity index is 66.8. The van der Waals surface area contributed by atoms with E-state index in [4.69, 9.17) is 26.8 Å². The summed E-state index contributed by atoms with van der Waals surface area (Å²) in [5, 5.41) is 24.5. The lowest BCUT2D eigenvalue weighted by atomic mass is 10.4. The highest BCUT2D eigenvalue weighted by Crippen LogP contribution is 1.69. The fourth-order valence-electron chi connectivity index (χ4n) is 0.0745. The predicted octanol–water partition coefficient (Wildman–Crippen LogP) is -2.38. The molecule has 0 spiro atoms. The van der Waals surface area contributed by atoms with Crippen LogP contribution in [0.25, 0.3) is 0 Å². The van der Waals surface area contributed by atoms with Crippen LogP contribution in [0.1, 0.15) is 6.92 Å². The van der Waals surface area contributed by atoms with Crippen LogP contribution in [0, 0.1) is 0 Å². The van der Waals surface area contributed by atoms with Crippen LogP contribution in [0.2, 0.25) is 0 Å². The average molecular weight is 166 g/mol. The minimum Gasteiger partial charge on any atom is -0.394 e. The van der Waals surface area contributed by atoms with Gasteiger partial charge in [0.15, 0.2) is 0 Å². The summed E-state index contributed by atoms with van der Waals surface area (Å²) >= 11 is 0. The molecular formula is C6H18N2O3. The van der Waals surface area contributed by atoms with Gasteiger partial charge in [-0.05, 0) is 6.92 Å². The molecule has 0 saturated carbocycles. The van der Waals surface area contributed by atoms with Crippen molar-refractivity contribution in [3.05, 3.63) is 0 Å². The Balaban J connectivity index is 0. The smallest absolute Gasteiger partial charge is 0.0892 e. The molecule has 0 rings (SSSR count). The molecule has 5 nitrogen and oxygen atoms in total. The minimum atomic E-state index is -0.731. The third-order valence-electron chi connectivity index (χ3n) is 0.824. The normalized spacial score (nSPS) is 14.7. The van der Waals surface area contributed by atoms with E-state index in [1.165, 1.54) is 0 Å². The summed E-state index contributed by atoms with van der Waals surface area (Å²) in [5.74, 6) is 0. The van der Waals surface area contributed by atoms with Gasteiger partial charge in [-0.1, -0.05) is 0 Å². The molecule has 2 unspecified atom stereocenters. The van der Waals surface area contributed by atoms with Gasteiger partial charge in [0, 0.05) is 13.1 Å². The average Bonchev–Trinajstić information content (AvgIpc) is 2.04. The van der Waals surface area contributed by atoms with Crippen LogP contribution in [-0.2, 0) is 0 Å². The molecule has 0 amide bonds. The first-order valence-electron chi connectivity index (χ1n) is 3.45. The third-order valence-corrected chi connectivity index (χ3v) is 0.824. The van der Waals surface area contributed by atoms with Crippen LogP contribution in [-0.4, -0.2) is 47.2 Å². The molecule has 0 heterocycles. The van der Waals surface area contributed by atoms with Gasteiger partial charge < -0.3 is 26.8 Å². The van der Waals surface area contributed by atoms with E-state index in [-0.39, 0.29) is 19.3 Å². The summed E-state index contributed by atoms with van der Waals surface area (Å²) in [4.78, 5) is 0. The molecule has 0 aliphatic rings. The van der Waals surface area contributed by atoms with Crippen molar-refractivity contribution in [2.75, 3.05) is 19.7 Å². The zero-order valence-electron chi connectivity index (χ0n) is 6.77. The summed E-state index contributed by atoms with van der Waals surface area (Å²) < 4.78 is 0. The molecule has 0 aromatic heterocycles. The SMILES string of the molecule is CC(O)CN.NCC(O)CO. The van der Waals surface area contributed by atoms with E-state index in [1.807, 2.05) is 0 Å². The van der Waals surface area contributed by atoms with Crippen LogP contribution in [0.15, 0.2) is 0 Å². The van der Waals surface area contributed by atoms with Gasteiger partial charge in [-0.15, -0.1) is 0 Å². The van der Waals surface area contributed by atoms with Crippen molar-refractivity contribution in [3.8, 4) is 0 Å². The molecule has 5 heteroatoms. The van der Waals surface area contributed by atoms with E-state index in [9.17, 15) is 0 Å². The Labute approximate surface area is 66.6 Å². The van der Waals surface area contributed by atoms with E-state index in [2.05, 4.69) is 0 Å². The summed E-state index contributed by atoms with van der Waals surface area (Å²) in [6, 6.07) is 0. The first-order chi connectivity index (χ1) is 5.08. The molecule has 0 radical (unpaired) electrons. The third kappa shape index (κ3) is 17.7. The van der Waals surface area contributed by atoms with Gasteiger partial charge in [0.25, 0.3) is 0 Å². The lowest BCUT2D eigenvalue weighted by Gasteiger charge is -1.97. The second kappa shape index (κ2) is 9.80. The zero-order chi connectivity index (χ0) is 9.28. The van der Waals surface area contributed by atoms with Gasteiger partial charge in [0.05, 0.1) is 18.8 Å². The van der Waals surface area contributed by atoms with Gasteiger partial charge in [0.2, 0.25) is 0 Å². The van der Waals surface area contributed by atoms with Gasteiger partial charge in [-0.3, -0.25) is 0 Å². The molecule has 0 saturated heterocycles. The Hall–Kier alpha value is -0.200. The molecule has 0 bridgehead atoms. The Morgan fingerprint density at radius 3 is 1.55 bits per heavy atom. The van der Waals surface area contributed by atoms with E-state index >= 15 is 0 Å². The molecule has 70 valence electrons. The fraction of sp³-hybridized carbons (Fsp3) is 1.00. The lowest BCUT2D eigenvalue weighted by molar-refractivity contribution is 0.102. The Kier molecular flexibility index (Phi) is 11.9. The number of nitrogens with two attached hydrogens (primary N) is 2. The van der Waals surface area contributed by atoms with Gasteiger partial charge >= 0.3 is 0 Å². The topological polar surface area (TPSA) is 113 Å². The molecule has 2 atom stereocenters. The maximum Gasteiger partial charge on any atom is 0.0892 e. The maximum absolute atomic E-state index is 8.29. The summed E-state index contributed by atoms with van der Waals surface area (Å²) in [6.45, 7) is 1.91. The van der Waals surface area contributed by atoms with Crippen molar-refractivity contribution in [1.29, 1.82) is 0 Å². The molecule has 0 fully saturated rings. The van der Waals surface area contributed by atoms with E-state index in [0.29, 0.717) is 6.54 Å². The molecule has 0 aromatic carbocycles. The van der Waals surface area contributed by atoms with Crippen LogP contribution >= 0.6 is 0 Å². The number of rotatable bonds is 3. The number of hydrogen-bond acceptors (Lipinski definition) is 5. The highest BCUT2D eigenvalue weighted by atomic mass is 16.3. The monoisotopic (exact) mass is 166 g/mol. The van der Waals surface area contributed by atoms with Gasteiger partial charge in [-0.25, -0.2) is 0 Å². The molecule has 0 aromatic rings. The highest BCUT2D eigenvalue weighted by Gasteiger charge is 1.92. The minimum absolute atomic E-state index is 0.135. The second-order valence-corrected chi connectivity index (χ2v) is 2.16. The van der Waals surface area contributed by atoms with E-state index in [0.717, 1.165) is 0 Å². The molecule has 0 aliphatic carbocycles. The molecule has 11 heavy (non-hydrogen) atoms. The summed E-state index contributed by atoms with van der Waals surface area (Å²) in [6.07, 6.45) is -1.07.